The third-order valence-corrected chi connectivity index (χ3v) is 3.36. The van der Waals surface area contributed by atoms with Gasteiger partial charge in [0.25, 0.3) is 5.91 Å². The minimum absolute atomic E-state index is 0.287. The molecule has 0 aromatic heterocycles. The monoisotopic (exact) mass is 326 g/mol. The van der Waals surface area contributed by atoms with Gasteiger partial charge in [0.05, 0.1) is 19.9 Å². The quantitative estimate of drug-likeness (QED) is 0.458. The van der Waals surface area contributed by atoms with Crippen molar-refractivity contribution in [2.24, 2.45) is 5.10 Å². The predicted molar refractivity (Wildman–Crippen MR) is 94.9 cm³/mol. The Bertz CT molecular complexity index is 681. The highest BCUT2D eigenvalue weighted by Crippen LogP contribution is 2.13. The molecule has 126 valence electrons. The molecule has 0 atom stereocenters. The Hall–Kier alpha value is -2.82. The van der Waals surface area contributed by atoms with Crippen molar-refractivity contribution in [2.45, 2.75) is 19.8 Å². The summed E-state index contributed by atoms with van der Waals surface area (Å²) in [6.07, 6.45) is 3.74. The molecule has 5 heteroatoms. The molecular formula is C19H22N2O3. The molecule has 2 rings (SSSR count). The van der Waals surface area contributed by atoms with Crippen LogP contribution in [-0.2, 0) is 0 Å². The number of ether oxygens (including phenoxy) is 2. The second kappa shape index (κ2) is 9.35. The maximum atomic E-state index is 12.0. The summed E-state index contributed by atoms with van der Waals surface area (Å²) in [5, 5.41) is 3.97. The summed E-state index contributed by atoms with van der Waals surface area (Å²) in [6.45, 7) is 2.85. The molecular weight excluding hydrogens is 304 g/mol. The van der Waals surface area contributed by atoms with E-state index in [0.29, 0.717) is 11.3 Å². The number of carbonyl (C=O) groups is 1. The molecule has 0 aliphatic heterocycles. The third-order valence-electron chi connectivity index (χ3n) is 3.36. The first kappa shape index (κ1) is 17.5. The third kappa shape index (κ3) is 5.43. The summed E-state index contributed by atoms with van der Waals surface area (Å²) >= 11 is 0. The molecule has 5 nitrogen and oxygen atoms in total. The highest BCUT2D eigenvalue weighted by molar-refractivity contribution is 5.95. The van der Waals surface area contributed by atoms with Gasteiger partial charge in [-0.2, -0.15) is 5.10 Å². The van der Waals surface area contributed by atoms with E-state index in [4.69, 9.17) is 9.47 Å². The lowest BCUT2D eigenvalue weighted by molar-refractivity contribution is 0.0955. The Kier molecular flexibility index (Phi) is 6.83. The van der Waals surface area contributed by atoms with E-state index >= 15 is 0 Å². The van der Waals surface area contributed by atoms with Crippen LogP contribution in [0.1, 0.15) is 35.7 Å². The number of hydrogen-bond acceptors (Lipinski definition) is 4. The number of unbranched alkanes of at least 4 members (excludes halogenated alkanes) is 1. The van der Waals surface area contributed by atoms with Gasteiger partial charge in [0.2, 0.25) is 0 Å². The van der Waals surface area contributed by atoms with E-state index in [9.17, 15) is 4.79 Å². The molecule has 1 N–H and O–H groups in total. The first-order valence-corrected chi connectivity index (χ1v) is 7.93. The molecule has 2 aromatic carbocycles. The van der Waals surface area contributed by atoms with Gasteiger partial charge < -0.3 is 9.47 Å². The summed E-state index contributed by atoms with van der Waals surface area (Å²) in [6, 6.07) is 14.5. The molecule has 2 aromatic rings. The molecule has 0 bridgehead atoms. The van der Waals surface area contributed by atoms with Crippen LogP contribution in [0.25, 0.3) is 0 Å². The number of carbonyl (C=O) groups excluding carboxylic acids is 1. The van der Waals surface area contributed by atoms with Crippen LogP contribution in [0.15, 0.2) is 53.6 Å². The van der Waals surface area contributed by atoms with Crippen LogP contribution in [0.2, 0.25) is 0 Å². The number of hydrazone groups is 1. The maximum absolute atomic E-state index is 12.0. The van der Waals surface area contributed by atoms with Crippen LogP contribution >= 0.6 is 0 Å². The molecule has 0 saturated heterocycles. The largest absolute Gasteiger partial charge is 0.497 e. The number of nitrogens with zero attached hydrogens (tertiary/aromatic N) is 1. The average Bonchev–Trinajstić information content (AvgIpc) is 2.63. The average molecular weight is 326 g/mol. The van der Waals surface area contributed by atoms with Crippen molar-refractivity contribution in [2.75, 3.05) is 13.7 Å². The Morgan fingerprint density at radius 2 is 1.96 bits per heavy atom. The summed E-state index contributed by atoms with van der Waals surface area (Å²) in [5.74, 6) is 1.18. The molecule has 0 radical (unpaired) electrons. The molecule has 0 aliphatic carbocycles. The minimum atomic E-state index is -0.287. The van der Waals surface area contributed by atoms with Gasteiger partial charge in [-0.3, -0.25) is 4.79 Å². The van der Waals surface area contributed by atoms with Crippen LogP contribution in [0.3, 0.4) is 0 Å². The van der Waals surface area contributed by atoms with Crippen molar-refractivity contribution < 1.29 is 14.3 Å². The molecule has 0 saturated carbocycles. The maximum Gasteiger partial charge on any atom is 0.271 e. The van der Waals surface area contributed by atoms with E-state index in [1.165, 1.54) is 0 Å². The van der Waals surface area contributed by atoms with Crippen LogP contribution in [0.4, 0.5) is 0 Å². The van der Waals surface area contributed by atoms with Crippen LogP contribution in [0.5, 0.6) is 11.5 Å². The van der Waals surface area contributed by atoms with Crippen molar-refractivity contribution in [1.82, 2.24) is 5.43 Å². The Morgan fingerprint density at radius 3 is 2.67 bits per heavy atom. The lowest BCUT2D eigenvalue weighted by Crippen LogP contribution is -2.17. The first-order valence-electron chi connectivity index (χ1n) is 7.93. The Balaban J connectivity index is 1.87. The second-order valence-electron chi connectivity index (χ2n) is 5.20. The van der Waals surface area contributed by atoms with E-state index in [1.54, 1.807) is 37.6 Å². The molecule has 0 unspecified atom stereocenters. The van der Waals surface area contributed by atoms with E-state index in [0.717, 1.165) is 30.8 Å². The van der Waals surface area contributed by atoms with Crippen molar-refractivity contribution in [1.29, 1.82) is 0 Å². The number of methoxy groups -OCH3 is 1. The zero-order valence-electron chi connectivity index (χ0n) is 14.0. The van der Waals surface area contributed by atoms with E-state index in [1.807, 2.05) is 24.3 Å². The van der Waals surface area contributed by atoms with E-state index in [2.05, 4.69) is 17.5 Å². The fraction of sp³-hybridized carbons (Fsp3) is 0.263. The highest BCUT2D eigenvalue weighted by atomic mass is 16.5. The Labute approximate surface area is 142 Å². The second-order valence-corrected chi connectivity index (χ2v) is 5.20. The summed E-state index contributed by atoms with van der Waals surface area (Å²) in [5.41, 5.74) is 3.87. The zero-order valence-corrected chi connectivity index (χ0v) is 14.0. The van der Waals surface area contributed by atoms with E-state index < -0.39 is 0 Å². The molecule has 1 amide bonds. The van der Waals surface area contributed by atoms with Crippen molar-refractivity contribution in [3.05, 3.63) is 59.7 Å². The summed E-state index contributed by atoms with van der Waals surface area (Å²) in [7, 11) is 1.56. The van der Waals surface area contributed by atoms with Crippen molar-refractivity contribution >= 4 is 12.1 Å². The van der Waals surface area contributed by atoms with Crippen LogP contribution in [0, 0.1) is 0 Å². The first-order chi connectivity index (χ1) is 11.7. The van der Waals surface area contributed by atoms with Gasteiger partial charge in [-0.1, -0.05) is 19.4 Å². The highest BCUT2D eigenvalue weighted by Gasteiger charge is 2.04. The van der Waals surface area contributed by atoms with Gasteiger partial charge in [0.15, 0.2) is 0 Å². The van der Waals surface area contributed by atoms with Crippen LogP contribution < -0.4 is 14.9 Å². The minimum Gasteiger partial charge on any atom is -0.497 e. The number of hydrogen-bond donors (Lipinski definition) is 1. The normalized spacial score (nSPS) is 10.6. The van der Waals surface area contributed by atoms with E-state index in [-0.39, 0.29) is 5.91 Å². The molecule has 0 heterocycles. The van der Waals surface area contributed by atoms with Gasteiger partial charge in [0, 0.05) is 5.56 Å². The smallest absolute Gasteiger partial charge is 0.271 e. The zero-order chi connectivity index (χ0) is 17.2. The van der Waals surface area contributed by atoms with Crippen molar-refractivity contribution in [3.8, 4) is 11.5 Å². The number of benzene rings is 2. The fourth-order valence-corrected chi connectivity index (χ4v) is 1.98. The predicted octanol–water partition coefficient (Wildman–Crippen LogP) is 3.64. The molecule has 0 spiro atoms. The van der Waals surface area contributed by atoms with Gasteiger partial charge in [-0.15, -0.1) is 0 Å². The molecule has 0 aliphatic rings. The fourth-order valence-electron chi connectivity index (χ4n) is 1.98. The summed E-state index contributed by atoms with van der Waals surface area (Å²) in [4.78, 5) is 12.0. The SMILES string of the molecule is CCCCOc1ccc(/C=N\NC(=O)c2cccc(OC)c2)cc1. The number of nitrogens with one attached hydrogen (secondary N) is 1. The van der Waals surface area contributed by atoms with Crippen LogP contribution in [-0.4, -0.2) is 25.8 Å². The lowest BCUT2D eigenvalue weighted by Gasteiger charge is -2.05. The number of amides is 1. The van der Waals surface area contributed by atoms with Gasteiger partial charge >= 0.3 is 0 Å². The molecule has 24 heavy (non-hydrogen) atoms. The van der Waals surface area contributed by atoms with Gasteiger partial charge in [-0.05, 0) is 54.4 Å². The standard InChI is InChI=1S/C19H22N2O3/c1-3-4-12-24-17-10-8-15(9-11-17)14-20-21-19(22)16-6-5-7-18(13-16)23-2/h5-11,13-14H,3-4,12H2,1-2H3,(H,21,22)/b20-14-. The number of rotatable bonds is 8. The lowest BCUT2D eigenvalue weighted by atomic mass is 10.2. The van der Waals surface area contributed by atoms with Gasteiger partial charge in [0.1, 0.15) is 11.5 Å². The summed E-state index contributed by atoms with van der Waals surface area (Å²) < 4.78 is 10.7. The molecule has 0 fully saturated rings. The topological polar surface area (TPSA) is 59.9 Å². The van der Waals surface area contributed by atoms with Gasteiger partial charge in [-0.25, -0.2) is 5.43 Å². The van der Waals surface area contributed by atoms with Crippen molar-refractivity contribution in [3.63, 3.8) is 0 Å². The Morgan fingerprint density at radius 1 is 1.17 bits per heavy atom.